The van der Waals surface area contributed by atoms with Crippen LogP contribution in [-0.4, -0.2) is 6.61 Å². The van der Waals surface area contributed by atoms with Crippen molar-refractivity contribution in [1.82, 2.24) is 0 Å². The Bertz CT molecular complexity index is 851. The maximum Gasteiger partial charge on any atom is 0.166 e. The summed E-state index contributed by atoms with van der Waals surface area (Å²) in [6, 6.07) is 8.62. The maximum absolute atomic E-state index is 14.3. The molecule has 3 rings (SSSR count). The lowest BCUT2D eigenvalue weighted by Gasteiger charge is -2.29. The Morgan fingerprint density at radius 1 is 1.00 bits per heavy atom. The number of aryl methyl sites for hydroxylation is 1. The molecular formula is C25H29F3O. The molecule has 0 heterocycles. The normalized spacial score (nSPS) is 19.6. The molecule has 0 spiro atoms. The Labute approximate surface area is 171 Å². The molecular weight excluding hydrogens is 373 g/mol. The highest BCUT2D eigenvalue weighted by molar-refractivity contribution is 5.50. The van der Waals surface area contributed by atoms with Gasteiger partial charge in [-0.25, -0.2) is 13.2 Å². The molecule has 1 nitrogen and oxygen atoms in total. The van der Waals surface area contributed by atoms with Crippen LogP contribution in [0.15, 0.2) is 36.4 Å². The van der Waals surface area contributed by atoms with Crippen molar-refractivity contribution < 1.29 is 17.9 Å². The van der Waals surface area contributed by atoms with E-state index in [-0.39, 0.29) is 11.4 Å². The molecule has 4 heteroatoms. The van der Waals surface area contributed by atoms with E-state index in [0.717, 1.165) is 37.7 Å². The number of rotatable bonds is 7. The van der Waals surface area contributed by atoms with Crippen LogP contribution >= 0.6 is 0 Å². The Morgan fingerprint density at radius 2 is 1.76 bits per heavy atom. The Kier molecular flexibility index (Phi) is 7.40. The van der Waals surface area contributed by atoms with Crippen LogP contribution in [0.3, 0.4) is 0 Å². The summed E-state index contributed by atoms with van der Waals surface area (Å²) < 4.78 is 47.8. The van der Waals surface area contributed by atoms with Gasteiger partial charge in [0.05, 0.1) is 6.61 Å². The van der Waals surface area contributed by atoms with Crippen molar-refractivity contribution in [1.29, 1.82) is 0 Å². The van der Waals surface area contributed by atoms with E-state index in [0.29, 0.717) is 36.2 Å². The molecule has 0 atom stereocenters. The van der Waals surface area contributed by atoms with E-state index in [1.54, 1.807) is 43.3 Å². The van der Waals surface area contributed by atoms with Crippen LogP contribution < -0.4 is 4.74 Å². The van der Waals surface area contributed by atoms with Crippen LogP contribution in [0.25, 0.3) is 6.08 Å². The third kappa shape index (κ3) is 5.23. The van der Waals surface area contributed by atoms with Gasteiger partial charge in [-0.3, -0.25) is 0 Å². The fourth-order valence-corrected chi connectivity index (χ4v) is 4.29. The number of benzene rings is 2. The molecule has 1 aliphatic carbocycles. The van der Waals surface area contributed by atoms with Crippen LogP contribution in [0.4, 0.5) is 13.2 Å². The predicted molar refractivity (Wildman–Crippen MR) is 112 cm³/mol. The molecule has 0 aliphatic heterocycles. The number of hydrogen-bond acceptors (Lipinski definition) is 1. The summed E-state index contributed by atoms with van der Waals surface area (Å²) in [5.41, 5.74) is 1.76. The van der Waals surface area contributed by atoms with Gasteiger partial charge in [0.2, 0.25) is 0 Å². The van der Waals surface area contributed by atoms with Crippen LogP contribution in [0.5, 0.6) is 5.75 Å². The summed E-state index contributed by atoms with van der Waals surface area (Å²) in [6.45, 7) is 4.07. The summed E-state index contributed by atoms with van der Waals surface area (Å²) in [4.78, 5) is 0. The first-order chi connectivity index (χ1) is 14.0. The summed E-state index contributed by atoms with van der Waals surface area (Å²) in [6.07, 6.45) is 8.72. The molecule has 0 radical (unpaired) electrons. The van der Waals surface area contributed by atoms with Gasteiger partial charge in [0.1, 0.15) is 0 Å². The van der Waals surface area contributed by atoms with Crippen LogP contribution in [0, 0.1) is 23.4 Å². The van der Waals surface area contributed by atoms with Gasteiger partial charge in [-0.05, 0) is 87.5 Å². The van der Waals surface area contributed by atoms with Crippen molar-refractivity contribution in [2.24, 2.45) is 5.92 Å². The lowest BCUT2D eigenvalue weighted by Crippen LogP contribution is -2.14. The molecule has 156 valence electrons. The minimum Gasteiger partial charge on any atom is -0.491 e. The Morgan fingerprint density at radius 3 is 2.41 bits per heavy atom. The van der Waals surface area contributed by atoms with E-state index in [9.17, 15) is 13.2 Å². The number of halogens is 3. The highest BCUT2D eigenvalue weighted by atomic mass is 19.2. The minimum atomic E-state index is -0.762. The SMILES string of the molecule is CC=Cc1ccc(CCC2CCC(c3ccc(OCC)c(F)c3)CC2)c(F)c1F. The lowest BCUT2D eigenvalue weighted by atomic mass is 9.77. The van der Waals surface area contributed by atoms with E-state index in [1.165, 1.54) is 0 Å². The van der Waals surface area contributed by atoms with Crippen molar-refractivity contribution in [3.8, 4) is 5.75 Å². The molecule has 29 heavy (non-hydrogen) atoms. The first kappa shape index (κ1) is 21.5. The second-order valence-electron chi connectivity index (χ2n) is 7.82. The molecule has 2 aromatic carbocycles. The third-order valence-electron chi connectivity index (χ3n) is 5.93. The summed E-state index contributed by atoms with van der Waals surface area (Å²) in [5.74, 6) is -0.631. The summed E-state index contributed by atoms with van der Waals surface area (Å²) >= 11 is 0. The highest BCUT2D eigenvalue weighted by Gasteiger charge is 2.24. The molecule has 1 fully saturated rings. The van der Waals surface area contributed by atoms with Gasteiger partial charge in [-0.1, -0.05) is 30.4 Å². The van der Waals surface area contributed by atoms with Crippen molar-refractivity contribution in [3.63, 3.8) is 0 Å². The largest absolute Gasteiger partial charge is 0.491 e. The molecule has 0 saturated heterocycles. The number of hydrogen-bond donors (Lipinski definition) is 0. The molecule has 0 aromatic heterocycles. The number of ether oxygens (including phenoxy) is 1. The van der Waals surface area contributed by atoms with Crippen molar-refractivity contribution in [3.05, 3.63) is 70.5 Å². The first-order valence-electron chi connectivity index (χ1n) is 10.5. The van der Waals surface area contributed by atoms with Crippen molar-refractivity contribution in [2.45, 2.75) is 58.3 Å². The van der Waals surface area contributed by atoms with Gasteiger partial charge in [-0.15, -0.1) is 0 Å². The van der Waals surface area contributed by atoms with Gasteiger partial charge >= 0.3 is 0 Å². The van der Waals surface area contributed by atoms with Crippen LogP contribution in [0.2, 0.25) is 0 Å². The van der Waals surface area contributed by atoms with E-state index in [1.807, 2.05) is 13.0 Å². The predicted octanol–water partition coefficient (Wildman–Crippen LogP) is 7.44. The lowest BCUT2D eigenvalue weighted by molar-refractivity contribution is 0.306. The van der Waals surface area contributed by atoms with Crippen molar-refractivity contribution in [2.75, 3.05) is 6.61 Å². The molecule has 0 N–H and O–H groups in total. The van der Waals surface area contributed by atoms with Gasteiger partial charge in [-0.2, -0.15) is 0 Å². The van der Waals surface area contributed by atoms with E-state index >= 15 is 0 Å². The fraction of sp³-hybridized carbons (Fsp3) is 0.440. The molecule has 2 aromatic rings. The minimum absolute atomic E-state index is 0.289. The molecule has 1 aliphatic rings. The molecule has 0 amide bonds. The molecule has 1 saturated carbocycles. The third-order valence-corrected chi connectivity index (χ3v) is 5.93. The summed E-state index contributed by atoms with van der Waals surface area (Å²) in [7, 11) is 0. The number of allylic oxidation sites excluding steroid dienone is 1. The van der Waals surface area contributed by atoms with E-state index < -0.39 is 11.6 Å². The first-order valence-corrected chi connectivity index (χ1v) is 10.5. The topological polar surface area (TPSA) is 9.23 Å². The van der Waals surface area contributed by atoms with Gasteiger partial charge in [0.25, 0.3) is 0 Å². The smallest absolute Gasteiger partial charge is 0.166 e. The van der Waals surface area contributed by atoms with E-state index in [4.69, 9.17) is 4.74 Å². The van der Waals surface area contributed by atoms with Gasteiger partial charge in [0.15, 0.2) is 23.2 Å². The second-order valence-corrected chi connectivity index (χ2v) is 7.82. The average Bonchev–Trinajstić information content (AvgIpc) is 2.73. The monoisotopic (exact) mass is 402 g/mol. The zero-order valence-corrected chi connectivity index (χ0v) is 17.2. The fourth-order valence-electron chi connectivity index (χ4n) is 4.29. The molecule has 0 unspecified atom stereocenters. The molecule has 0 bridgehead atoms. The van der Waals surface area contributed by atoms with Crippen molar-refractivity contribution >= 4 is 6.08 Å². The maximum atomic E-state index is 14.3. The average molecular weight is 403 g/mol. The summed E-state index contributed by atoms with van der Waals surface area (Å²) in [5, 5.41) is 0. The second kappa shape index (κ2) is 10.00. The Hall–Kier alpha value is -2.23. The quantitative estimate of drug-likeness (QED) is 0.467. The Balaban J connectivity index is 1.54. The highest BCUT2D eigenvalue weighted by Crippen LogP contribution is 2.38. The standard InChI is InChI=1S/C25H29F3O/c1-3-5-19-12-13-20(25(28)24(19)27)11-8-17-6-9-18(10-7-17)21-14-15-23(29-4-2)22(26)16-21/h3,5,12-18H,4,6-11H2,1-2H3. The van der Waals surface area contributed by atoms with Gasteiger partial charge in [0, 0.05) is 5.56 Å². The van der Waals surface area contributed by atoms with Crippen LogP contribution in [-0.2, 0) is 6.42 Å². The zero-order chi connectivity index (χ0) is 20.8. The van der Waals surface area contributed by atoms with Crippen LogP contribution in [0.1, 0.15) is 68.6 Å². The zero-order valence-electron chi connectivity index (χ0n) is 17.2. The van der Waals surface area contributed by atoms with Gasteiger partial charge < -0.3 is 4.74 Å². The van der Waals surface area contributed by atoms with E-state index in [2.05, 4.69) is 0 Å².